The molecule has 6 heteroatoms. The van der Waals surface area contributed by atoms with Gasteiger partial charge in [0.2, 0.25) is 0 Å². The molecular weight excluding hydrogens is 226 g/mol. The number of carbonyl (C=O) groups is 1. The van der Waals surface area contributed by atoms with E-state index in [1.165, 1.54) is 16.2 Å². The van der Waals surface area contributed by atoms with Gasteiger partial charge in [-0.2, -0.15) is 0 Å². The third kappa shape index (κ3) is 4.00. The van der Waals surface area contributed by atoms with Gasteiger partial charge in [0.25, 0.3) is 0 Å². The van der Waals surface area contributed by atoms with Crippen LogP contribution in [0.15, 0.2) is 23.5 Å². The summed E-state index contributed by atoms with van der Waals surface area (Å²) in [5.74, 6) is 0. The van der Waals surface area contributed by atoms with Crippen LogP contribution < -0.4 is 5.32 Å². The summed E-state index contributed by atoms with van der Waals surface area (Å²) in [6.45, 7) is 4.63. The molecule has 16 heavy (non-hydrogen) atoms. The minimum absolute atomic E-state index is 0.0576. The molecule has 0 atom stereocenters. The fourth-order valence-electron chi connectivity index (χ4n) is 1.16. The van der Waals surface area contributed by atoms with Gasteiger partial charge in [-0.3, -0.25) is 0 Å². The largest absolute Gasteiger partial charge is 0.395 e. The molecule has 0 aromatic carbocycles. The maximum absolute atomic E-state index is 11.6. The standard InChI is InChI=1S/C10H15N3O2S/c1-2-3-13(4-5-14)10(15)11-6-9-7-16-8-12-9/h2,7-8,14H,1,3-6H2,(H,11,15). The molecule has 0 saturated heterocycles. The number of rotatable bonds is 6. The maximum Gasteiger partial charge on any atom is 0.318 e. The summed E-state index contributed by atoms with van der Waals surface area (Å²) in [7, 11) is 0. The van der Waals surface area contributed by atoms with Crippen molar-refractivity contribution in [3.05, 3.63) is 29.2 Å². The van der Waals surface area contributed by atoms with Crippen molar-refractivity contribution in [1.29, 1.82) is 0 Å². The van der Waals surface area contributed by atoms with Gasteiger partial charge in [-0.25, -0.2) is 9.78 Å². The first-order chi connectivity index (χ1) is 7.77. The van der Waals surface area contributed by atoms with Crippen molar-refractivity contribution in [2.45, 2.75) is 6.54 Å². The van der Waals surface area contributed by atoms with Crippen LogP contribution >= 0.6 is 11.3 Å². The highest BCUT2D eigenvalue weighted by Crippen LogP contribution is 2.00. The third-order valence-corrected chi connectivity index (χ3v) is 2.55. The molecule has 0 unspecified atom stereocenters. The lowest BCUT2D eigenvalue weighted by molar-refractivity contribution is 0.183. The highest BCUT2D eigenvalue weighted by Gasteiger charge is 2.10. The smallest absolute Gasteiger partial charge is 0.318 e. The first-order valence-electron chi connectivity index (χ1n) is 4.89. The Hall–Kier alpha value is -1.40. The van der Waals surface area contributed by atoms with Crippen molar-refractivity contribution in [3.63, 3.8) is 0 Å². The van der Waals surface area contributed by atoms with E-state index in [-0.39, 0.29) is 12.6 Å². The van der Waals surface area contributed by atoms with Gasteiger partial charge >= 0.3 is 6.03 Å². The van der Waals surface area contributed by atoms with Crippen LogP contribution in [0, 0.1) is 0 Å². The summed E-state index contributed by atoms with van der Waals surface area (Å²) in [6.07, 6.45) is 1.62. The number of hydrogen-bond acceptors (Lipinski definition) is 4. The van der Waals surface area contributed by atoms with E-state index in [0.29, 0.717) is 19.6 Å². The van der Waals surface area contributed by atoms with Crippen LogP contribution in [0.2, 0.25) is 0 Å². The molecule has 1 aromatic rings. The van der Waals surface area contributed by atoms with Gasteiger partial charge in [-0.05, 0) is 0 Å². The normalized spacial score (nSPS) is 9.81. The molecule has 0 bridgehead atoms. The molecule has 0 radical (unpaired) electrons. The van der Waals surface area contributed by atoms with E-state index >= 15 is 0 Å². The molecule has 0 aliphatic rings. The van der Waals surface area contributed by atoms with Crippen molar-refractivity contribution in [3.8, 4) is 0 Å². The maximum atomic E-state index is 11.6. The Morgan fingerprint density at radius 1 is 1.75 bits per heavy atom. The van der Waals surface area contributed by atoms with Gasteiger partial charge in [0.1, 0.15) is 0 Å². The molecule has 1 aromatic heterocycles. The summed E-state index contributed by atoms with van der Waals surface area (Å²) >= 11 is 1.49. The van der Waals surface area contributed by atoms with Crippen LogP contribution in [0.5, 0.6) is 0 Å². The Kier molecular flexibility index (Phi) is 5.52. The number of nitrogens with zero attached hydrogens (tertiary/aromatic N) is 2. The minimum atomic E-state index is -0.220. The Labute approximate surface area is 98.4 Å². The van der Waals surface area contributed by atoms with Crippen molar-refractivity contribution in [2.24, 2.45) is 0 Å². The van der Waals surface area contributed by atoms with E-state index in [4.69, 9.17) is 5.11 Å². The number of amides is 2. The van der Waals surface area contributed by atoms with Gasteiger partial charge in [0, 0.05) is 18.5 Å². The number of nitrogens with one attached hydrogen (secondary N) is 1. The average Bonchev–Trinajstić information content (AvgIpc) is 2.78. The van der Waals surface area contributed by atoms with Gasteiger partial charge in [0.15, 0.2) is 0 Å². The summed E-state index contributed by atoms with van der Waals surface area (Å²) < 4.78 is 0. The molecule has 2 N–H and O–H groups in total. The zero-order valence-electron chi connectivity index (χ0n) is 8.93. The number of urea groups is 1. The van der Waals surface area contributed by atoms with E-state index < -0.39 is 0 Å². The summed E-state index contributed by atoms with van der Waals surface area (Å²) in [6, 6.07) is -0.220. The summed E-state index contributed by atoms with van der Waals surface area (Å²) in [4.78, 5) is 17.2. The molecule has 1 heterocycles. The Morgan fingerprint density at radius 2 is 2.56 bits per heavy atom. The highest BCUT2D eigenvalue weighted by atomic mass is 32.1. The number of carbonyl (C=O) groups excluding carboxylic acids is 1. The summed E-state index contributed by atoms with van der Waals surface area (Å²) in [5, 5.41) is 13.4. The van der Waals surface area contributed by atoms with E-state index in [9.17, 15) is 4.79 Å². The Morgan fingerprint density at radius 3 is 3.12 bits per heavy atom. The zero-order valence-corrected chi connectivity index (χ0v) is 9.74. The quantitative estimate of drug-likeness (QED) is 0.725. The molecule has 0 aliphatic heterocycles. The van der Waals surface area contributed by atoms with Crippen LogP contribution in [-0.4, -0.2) is 40.7 Å². The SMILES string of the molecule is C=CCN(CCO)C(=O)NCc1cscn1. The average molecular weight is 241 g/mol. The number of thiazole rings is 1. The first kappa shape index (κ1) is 12.7. The molecule has 2 amide bonds. The van der Waals surface area contributed by atoms with Crippen molar-refractivity contribution in [1.82, 2.24) is 15.2 Å². The van der Waals surface area contributed by atoms with E-state index in [1.54, 1.807) is 11.6 Å². The Bertz CT molecular complexity index is 327. The van der Waals surface area contributed by atoms with Crippen LogP contribution in [0.4, 0.5) is 4.79 Å². The van der Waals surface area contributed by atoms with Crippen molar-refractivity contribution < 1.29 is 9.90 Å². The fourth-order valence-corrected chi connectivity index (χ4v) is 1.71. The Balaban J connectivity index is 2.39. The molecule has 0 aliphatic carbocycles. The third-order valence-electron chi connectivity index (χ3n) is 1.91. The lowest BCUT2D eigenvalue weighted by Gasteiger charge is -2.20. The van der Waals surface area contributed by atoms with Gasteiger partial charge < -0.3 is 15.3 Å². The molecule has 1 rings (SSSR count). The number of aliphatic hydroxyl groups is 1. The molecule has 0 saturated carbocycles. The molecule has 0 fully saturated rings. The number of aromatic nitrogens is 1. The highest BCUT2D eigenvalue weighted by molar-refractivity contribution is 7.07. The lowest BCUT2D eigenvalue weighted by atomic mass is 10.4. The molecule has 88 valence electrons. The topological polar surface area (TPSA) is 65.5 Å². The second kappa shape index (κ2) is 6.97. The van der Waals surface area contributed by atoms with E-state index in [0.717, 1.165) is 5.69 Å². The van der Waals surface area contributed by atoms with Crippen LogP contribution in [0.3, 0.4) is 0 Å². The second-order valence-corrected chi connectivity index (χ2v) is 3.82. The zero-order chi connectivity index (χ0) is 11.8. The number of aliphatic hydroxyl groups excluding tert-OH is 1. The van der Waals surface area contributed by atoms with E-state index in [1.807, 2.05) is 5.38 Å². The molecule has 5 nitrogen and oxygen atoms in total. The van der Waals surface area contributed by atoms with Gasteiger partial charge in [-0.1, -0.05) is 6.08 Å². The first-order valence-corrected chi connectivity index (χ1v) is 5.83. The second-order valence-electron chi connectivity index (χ2n) is 3.10. The predicted octanol–water partition coefficient (Wildman–Crippen LogP) is 0.833. The predicted molar refractivity (Wildman–Crippen MR) is 63.2 cm³/mol. The van der Waals surface area contributed by atoms with Crippen molar-refractivity contribution >= 4 is 17.4 Å². The van der Waals surface area contributed by atoms with Gasteiger partial charge in [-0.15, -0.1) is 17.9 Å². The molecule has 0 spiro atoms. The van der Waals surface area contributed by atoms with Gasteiger partial charge in [0.05, 0.1) is 24.4 Å². The van der Waals surface area contributed by atoms with Crippen LogP contribution in [0.25, 0.3) is 0 Å². The van der Waals surface area contributed by atoms with E-state index in [2.05, 4.69) is 16.9 Å². The van der Waals surface area contributed by atoms with Crippen molar-refractivity contribution in [2.75, 3.05) is 19.7 Å². The number of hydrogen-bond donors (Lipinski definition) is 2. The molecular formula is C10H15N3O2S. The minimum Gasteiger partial charge on any atom is -0.395 e. The van der Waals surface area contributed by atoms with Crippen LogP contribution in [0.1, 0.15) is 5.69 Å². The monoisotopic (exact) mass is 241 g/mol. The lowest BCUT2D eigenvalue weighted by Crippen LogP contribution is -2.41. The summed E-state index contributed by atoms with van der Waals surface area (Å²) in [5.41, 5.74) is 2.55. The fraction of sp³-hybridized carbons (Fsp3) is 0.400. The van der Waals surface area contributed by atoms with Crippen LogP contribution in [-0.2, 0) is 6.54 Å².